The van der Waals surface area contributed by atoms with E-state index in [9.17, 15) is 4.79 Å². The third-order valence-corrected chi connectivity index (χ3v) is 6.98. The van der Waals surface area contributed by atoms with Crippen LogP contribution in [0.15, 0.2) is 101 Å². The number of rotatable bonds is 7. The minimum Gasteiger partial charge on any atom is -0.353 e. The summed E-state index contributed by atoms with van der Waals surface area (Å²) in [5, 5.41) is 9.69. The van der Waals surface area contributed by atoms with Gasteiger partial charge in [-0.2, -0.15) is 10.2 Å². The normalized spacial score (nSPS) is 14.8. The standard InChI is InChI=1S/C29H28N6OS/c36-28(29-30-24-16-8-9-17-26(24)37-29)34-32-25(19-18-22-12-4-1-5-13-22)27(35-20-10-3-11-21-35)33-31-23-14-6-2-7-15-23/h1-2,4-9,12-19,31H,3,10-11,20-21H2,(H,34,36)/b19-18+,32-25-,33-27+. The molecule has 8 heteroatoms. The van der Waals surface area contributed by atoms with E-state index in [1.54, 1.807) is 0 Å². The molecule has 0 unspecified atom stereocenters. The second-order valence-corrected chi connectivity index (χ2v) is 9.66. The number of fused-ring (bicyclic) bond motifs is 1. The van der Waals surface area contributed by atoms with Crippen LogP contribution in [0.2, 0.25) is 0 Å². The van der Waals surface area contributed by atoms with E-state index in [0.717, 1.165) is 47.4 Å². The molecule has 186 valence electrons. The highest BCUT2D eigenvalue weighted by Crippen LogP contribution is 2.21. The van der Waals surface area contributed by atoms with Crippen LogP contribution >= 0.6 is 11.3 Å². The Hall–Kier alpha value is -4.30. The molecule has 37 heavy (non-hydrogen) atoms. The number of aromatic nitrogens is 1. The average molecular weight is 509 g/mol. The first-order valence-corrected chi connectivity index (χ1v) is 13.2. The molecule has 0 aliphatic carbocycles. The molecule has 2 heterocycles. The zero-order valence-electron chi connectivity index (χ0n) is 20.4. The van der Waals surface area contributed by atoms with Crippen LogP contribution < -0.4 is 10.9 Å². The van der Waals surface area contributed by atoms with Crippen molar-refractivity contribution in [3.8, 4) is 0 Å². The maximum absolute atomic E-state index is 13.0. The third-order valence-electron chi connectivity index (χ3n) is 5.95. The first-order chi connectivity index (χ1) is 18.3. The number of carbonyl (C=O) groups excluding carboxylic acids is 1. The molecule has 0 radical (unpaired) electrons. The summed E-state index contributed by atoms with van der Waals surface area (Å²) < 4.78 is 0.962. The largest absolute Gasteiger partial charge is 0.353 e. The average Bonchev–Trinajstić information content (AvgIpc) is 3.40. The van der Waals surface area contributed by atoms with Crippen molar-refractivity contribution in [2.45, 2.75) is 19.3 Å². The number of hydrazone groups is 2. The van der Waals surface area contributed by atoms with E-state index in [4.69, 9.17) is 5.10 Å². The molecule has 1 fully saturated rings. The first-order valence-electron chi connectivity index (χ1n) is 12.4. The lowest BCUT2D eigenvalue weighted by Crippen LogP contribution is -2.41. The number of carbonyl (C=O) groups is 1. The summed E-state index contributed by atoms with van der Waals surface area (Å²) in [5.41, 5.74) is 9.16. The minimum atomic E-state index is -0.346. The number of nitrogens with zero attached hydrogens (tertiary/aromatic N) is 4. The van der Waals surface area contributed by atoms with Gasteiger partial charge in [-0.15, -0.1) is 11.3 Å². The molecule has 1 amide bonds. The topological polar surface area (TPSA) is 82.0 Å². The number of amidine groups is 1. The summed E-state index contributed by atoms with van der Waals surface area (Å²) in [5.74, 6) is 0.334. The SMILES string of the molecule is O=C(N/N=C(/C=C/c1ccccc1)C(=N/Nc1ccccc1)\N1CCCCC1)c1nc2ccccc2s1. The highest BCUT2D eigenvalue weighted by atomic mass is 32.1. The fourth-order valence-corrected chi connectivity index (χ4v) is 4.91. The molecule has 7 nitrogen and oxygen atoms in total. The number of para-hydroxylation sites is 2. The van der Waals surface area contributed by atoms with Gasteiger partial charge < -0.3 is 4.90 Å². The van der Waals surface area contributed by atoms with Crippen LogP contribution in [-0.4, -0.2) is 40.4 Å². The van der Waals surface area contributed by atoms with Gasteiger partial charge >= 0.3 is 0 Å². The van der Waals surface area contributed by atoms with E-state index < -0.39 is 0 Å². The lowest BCUT2D eigenvalue weighted by atomic mass is 10.1. The molecule has 0 atom stereocenters. The van der Waals surface area contributed by atoms with E-state index in [-0.39, 0.29) is 5.91 Å². The van der Waals surface area contributed by atoms with Crippen molar-refractivity contribution in [2.75, 3.05) is 18.5 Å². The highest BCUT2D eigenvalue weighted by molar-refractivity contribution is 7.20. The second kappa shape index (κ2) is 12.1. The minimum absolute atomic E-state index is 0.346. The number of thiazole rings is 1. The van der Waals surface area contributed by atoms with Crippen molar-refractivity contribution in [3.05, 3.63) is 102 Å². The van der Waals surface area contributed by atoms with Crippen molar-refractivity contribution < 1.29 is 4.79 Å². The number of hydrogen-bond donors (Lipinski definition) is 2. The molecule has 1 aliphatic rings. The molecule has 0 saturated carbocycles. The predicted octanol–water partition coefficient (Wildman–Crippen LogP) is 6.01. The summed E-state index contributed by atoms with van der Waals surface area (Å²) in [6.07, 6.45) is 7.23. The van der Waals surface area contributed by atoms with Gasteiger partial charge in [-0.1, -0.05) is 66.7 Å². The monoisotopic (exact) mass is 508 g/mol. The molecule has 4 aromatic rings. The van der Waals surface area contributed by atoms with Crippen LogP contribution in [0.5, 0.6) is 0 Å². The quantitative estimate of drug-likeness (QED) is 0.182. The Bertz CT molecular complexity index is 1390. The molecule has 0 spiro atoms. The van der Waals surface area contributed by atoms with Crippen LogP contribution in [0.25, 0.3) is 16.3 Å². The Balaban J connectivity index is 1.47. The summed E-state index contributed by atoms with van der Waals surface area (Å²) in [7, 11) is 0. The van der Waals surface area contributed by atoms with Gasteiger partial charge in [0.1, 0.15) is 5.71 Å². The molecule has 1 saturated heterocycles. The lowest BCUT2D eigenvalue weighted by molar-refractivity contribution is 0.0955. The van der Waals surface area contributed by atoms with Crippen LogP contribution in [-0.2, 0) is 0 Å². The molecule has 0 bridgehead atoms. The van der Waals surface area contributed by atoms with E-state index in [2.05, 4.69) is 25.8 Å². The molecule has 1 aromatic heterocycles. The summed E-state index contributed by atoms with van der Waals surface area (Å²) in [6, 6.07) is 27.5. The van der Waals surface area contributed by atoms with Crippen molar-refractivity contribution >= 4 is 50.8 Å². The van der Waals surface area contributed by atoms with Gasteiger partial charge in [0.2, 0.25) is 0 Å². The fourth-order valence-electron chi connectivity index (χ4n) is 4.06. The Morgan fingerprint density at radius 3 is 2.32 bits per heavy atom. The fraction of sp³-hybridized carbons (Fsp3) is 0.172. The van der Waals surface area contributed by atoms with Crippen LogP contribution in [0.3, 0.4) is 0 Å². The third kappa shape index (κ3) is 6.48. The smallest absolute Gasteiger partial charge is 0.300 e. The van der Waals surface area contributed by atoms with Gasteiger partial charge in [0.15, 0.2) is 10.8 Å². The van der Waals surface area contributed by atoms with Crippen molar-refractivity contribution in [1.82, 2.24) is 15.3 Å². The first kappa shape index (κ1) is 24.4. The maximum Gasteiger partial charge on any atom is 0.300 e. The van der Waals surface area contributed by atoms with E-state index in [0.29, 0.717) is 16.6 Å². The number of nitrogens with one attached hydrogen (secondary N) is 2. The molecule has 5 rings (SSSR count). The van der Waals surface area contributed by atoms with Gasteiger partial charge in [-0.25, -0.2) is 10.4 Å². The number of hydrogen-bond acceptors (Lipinski definition) is 6. The molecule has 2 N–H and O–H groups in total. The number of benzene rings is 3. The molecular weight excluding hydrogens is 480 g/mol. The number of anilines is 1. The van der Waals surface area contributed by atoms with Gasteiger partial charge in [0.25, 0.3) is 5.91 Å². The lowest BCUT2D eigenvalue weighted by Gasteiger charge is -2.29. The summed E-state index contributed by atoms with van der Waals surface area (Å²) >= 11 is 1.35. The predicted molar refractivity (Wildman–Crippen MR) is 153 cm³/mol. The van der Waals surface area contributed by atoms with E-state index in [1.807, 2.05) is 97.1 Å². The Labute approximate surface area is 220 Å². The summed E-state index contributed by atoms with van der Waals surface area (Å²) in [6.45, 7) is 1.75. The van der Waals surface area contributed by atoms with Crippen LogP contribution in [0, 0.1) is 0 Å². The summed E-state index contributed by atoms with van der Waals surface area (Å²) in [4.78, 5) is 19.7. The number of amides is 1. The highest BCUT2D eigenvalue weighted by Gasteiger charge is 2.20. The molecule has 1 aliphatic heterocycles. The Kier molecular flexibility index (Phi) is 7.98. The van der Waals surface area contributed by atoms with Gasteiger partial charge in [-0.3, -0.25) is 10.2 Å². The zero-order valence-corrected chi connectivity index (χ0v) is 21.2. The second-order valence-electron chi connectivity index (χ2n) is 8.63. The molecule has 3 aromatic carbocycles. The van der Waals surface area contributed by atoms with Crippen molar-refractivity contribution in [1.29, 1.82) is 0 Å². The Morgan fingerprint density at radius 1 is 0.865 bits per heavy atom. The van der Waals surface area contributed by atoms with E-state index in [1.165, 1.54) is 17.8 Å². The Morgan fingerprint density at radius 2 is 1.57 bits per heavy atom. The van der Waals surface area contributed by atoms with Crippen LogP contribution in [0.4, 0.5) is 5.69 Å². The number of piperidine rings is 1. The maximum atomic E-state index is 13.0. The van der Waals surface area contributed by atoms with Crippen LogP contribution in [0.1, 0.15) is 34.6 Å². The van der Waals surface area contributed by atoms with Gasteiger partial charge in [0, 0.05) is 13.1 Å². The zero-order chi connectivity index (χ0) is 25.3. The van der Waals surface area contributed by atoms with Crippen molar-refractivity contribution in [2.24, 2.45) is 10.2 Å². The van der Waals surface area contributed by atoms with E-state index >= 15 is 0 Å². The van der Waals surface area contributed by atoms with Gasteiger partial charge in [0.05, 0.1) is 15.9 Å². The van der Waals surface area contributed by atoms with Gasteiger partial charge in [-0.05, 0) is 55.2 Å². The number of likely N-dealkylation sites (tertiary alicyclic amines) is 1. The molecular formula is C29H28N6OS. The van der Waals surface area contributed by atoms with Crippen molar-refractivity contribution in [3.63, 3.8) is 0 Å².